The molecule has 4 nitrogen and oxygen atoms in total. The summed E-state index contributed by atoms with van der Waals surface area (Å²) in [5.74, 6) is 5.52. The summed E-state index contributed by atoms with van der Waals surface area (Å²) in [4.78, 5) is 1.25. The average Bonchev–Trinajstić information content (AvgIpc) is 2.80. The summed E-state index contributed by atoms with van der Waals surface area (Å²) in [6.07, 6.45) is 0. The van der Waals surface area contributed by atoms with E-state index in [-0.39, 0.29) is 6.04 Å². The molecule has 0 fully saturated rings. The predicted molar refractivity (Wildman–Crippen MR) is 58.1 cm³/mol. The molecule has 74 valence electrons. The maximum atomic E-state index is 5.52. The first kappa shape index (κ1) is 9.72. The zero-order valence-corrected chi connectivity index (χ0v) is 9.23. The largest absolute Gasteiger partial charge is 0.271 e. The van der Waals surface area contributed by atoms with Crippen molar-refractivity contribution < 1.29 is 0 Å². The standard InChI is InChI=1S/C8H10N4S2/c1-5-6(2-3-13-5)8(10-9)7-4-14-12-11-7/h2-4,8,10H,9H2,1H3. The Morgan fingerprint density at radius 2 is 2.43 bits per heavy atom. The Kier molecular flexibility index (Phi) is 2.87. The van der Waals surface area contributed by atoms with E-state index in [1.54, 1.807) is 11.3 Å². The van der Waals surface area contributed by atoms with E-state index >= 15 is 0 Å². The SMILES string of the molecule is Cc1sccc1C(NN)c1csnn1. The molecule has 0 aliphatic carbocycles. The second kappa shape index (κ2) is 4.14. The lowest BCUT2D eigenvalue weighted by Crippen LogP contribution is -2.29. The van der Waals surface area contributed by atoms with Crippen LogP contribution < -0.4 is 11.3 Å². The van der Waals surface area contributed by atoms with Gasteiger partial charge in [0.2, 0.25) is 0 Å². The van der Waals surface area contributed by atoms with Gasteiger partial charge in [0.25, 0.3) is 0 Å². The number of nitrogens with two attached hydrogens (primary N) is 1. The summed E-state index contributed by atoms with van der Waals surface area (Å²) in [5, 5.41) is 7.97. The van der Waals surface area contributed by atoms with Crippen LogP contribution in [0.2, 0.25) is 0 Å². The minimum absolute atomic E-state index is 0.0417. The quantitative estimate of drug-likeness (QED) is 0.614. The molecular formula is C8H10N4S2. The summed E-state index contributed by atoms with van der Waals surface area (Å²) in [7, 11) is 0. The fraction of sp³-hybridized carbons (Fsp3) is 0.250. The molecule has 2 aromatic heterocycles. The number of rotatable bonds is 3. The van der Waals surface area contributed by atoms with Crippen LogP contribution in [0.5, 0.6) is 0 Å². The van der Waals surface area contributed by atoms with Crippen molar-refractivity contribution in [1.29, 1.82) is 0 Å². The van der Waals surface area contributed by atoms with Crippen LogP contribution in [0.15, 0.2) is 16.8 Å². The molecule has 0 saturated carbocycles. The molecule has 1 atom stereocenters. The van der Waals surface area contributed by atoms with Gasteiger partial charge in [-0.2, -0.15) is 0 Å². The Labute approximate surface area is 89.9 Å². The van der Waals surface area contributed by atoms with Crippen LogP contribution in [-0.2, 0) is 0 Å². The molecule has 0 spiro atoms. The lowest BCUT2D eigenvalue weighted by molar-refractivity contribution is 0.618. The van der Waals surface area contributed by atoms with Crippen LogP contribution in [0, 0.1) is 6.92 Å². The molecule has 2 rings (SSSR count). The molecule has 3 N–H and O–H groups in total. The first-order chi connectivity index (χ1) is 6.83. The fourth-order valence-electron chi connectivity index (χ4n) is 1.33. The van der Waals surface area contributed by atoms with E-state index in [9.17, 15) is 0 Å². The van der Waals surface area contributed by atoms with E-state index < -0.39 is 0 Å². The van der Waals surface area contributed by atoms with Crippen LogP contribution in [0.4, 0.5) is 0 Å². The van der Waals surface area contributed by atoms with Crippen LogP contribution in [0.1, 0.15) is 22.2 Å². The summed E-state index contributed by atoms with van der Waals surface area (Å²) >= 11 is 3.04. The normalized spacial score (nSPS) is 13.0. The lowest BCUT2D eigenvalue weighted by Gasteiger charge is -2.12. The van der Waals surface area contributed by atoms with Crippen LogP contribution in [-0.4, -0.2) is 9.59 Å². The van der Waals surface area contributed by atoms with Gasteiger partial charge in [-0.3, -0.25) is 5.84 Å². The first-order valence-corrected chi connectivity index (χ1v) is 5.81. The summed E-state index contributed by atoms with van der Waals surface area (Å²) in [6, 6.07) is 2.02. The molecule has 0 bridgehead atoms. The van der Waals surface area contributed by atoms with Gasteiger partial charge in [-0.05, 0) is 35.5 Å². The molecule has 0 aromatic carbocycles. The van der Waals surface area contributed by atoms with Gasteiger partial charge in [0.05, 0.1) is 11.7 Å². The third-order valence-corrected chi connectivity index (χ3v) is 3.43. The van der Waals surface area contributed by atoms with Gasteiger partial charge in [0, 0.05) is 10.3 Å². The predicted octanol–water partition coefficient (Wildman–Crippen LogP) is 1.46. The van der Waals surface area contributed by atoms with Gasteiger partial charge < -0.3 is 0 Å². The van der Waals surface area contributed by atoms with E-state index in [2.05, 4.69) is 33.4 Å². The van der Waals surface area contributed by atoms with Gasteiger partial charge in [0.1, 0.15) is 0 Å². The number of nitrogens with one attached hydrogen (secondary N) is 1. The Bertz CT molecular complexity index is 395. The Hall–Kier alpha value is -0.820. The third-order valence-electron chi connectivity index (χ3n) is 2.05. The molecule has 0 aliphatic rings. The van der Waals surface area contributed by atoms with Gasteiger partial charge in [-0.15, -0.1) is 16.4 Å². The highest BCUT2D eigenvalue weighted by Gasteiger charge is 2.17. The van der Waals surface area contributed by atoms with Crippen LogP contribution in [0.3, 0.4) is 0 Å². The van der Waals surface area contributed by atoms with E-state index in [4.69, 9.17) is 5.84 Å². The number of nitrogens with zero attached hydrogens (tertiary/aromatic N) is 2. The number of thiophene rings is 1. The summed E-state index contributed by atoms with van der Waals surface area (Å²) < 4.78 is 3.83. The van der Waals surface area contributed by atoms with Crippen molar-refractivity contribution in [3.05, 3.63) is 33.0 Å². The molecule has 6 heteroatoms. The molecular weight excluding hydrogens is 216 g/mol. The van der Waals surface area contributed by atoms with Crippen molar-refractivity contribution in [3.8, 4) is 0 Å². The van der Waals surface area contributed by atoms with Crippen LogP contribution >= 0.6 is 22.9 Å². The maximum absolute atomic E-state index is 5.52. The van der Waals surface area contributed by atoms with Crippen molar-refractivity contribution in [2.75, 3.05) is 0 Å². The minimum Gasteiger partial charge on any atom is -0.271 e. The summed E-state index contributed by atoms with van der Waals surface area (Å²) in [6.45, 7) is 2.07. The molecule has 1 unspecified atom stereocenters. The van der Waals surface area contributed by atoms with Crippen molar-refractivity contribution in [2.45, 2.75) is 13.0 Å². The van der Waals surface area contributed by atoms with E-state index in [0.717, 1.165) is 5.69 Å². The maximum Gasteiger partial charge on any atom is 0.0983 e. The second-order valence-corrected chi connectivity index (χ2v) is 4.59. The van der Waals surface area contributed by atoms with Crippen molar-refractivity contribution in [1.82, 2.24) is 15.0 Å². The van der Waals surface area contributed by atoms with E-state index in [0.29, 0.717) is 0 Å². The molecule has 2 heterocycles. The third kappa shape index (κ3) is 1.69. The highest BCUT2D eigenvalue weighted by molar-refractivity contribution is 7.10. The first-order valence-electron chi connectivity index (χ1n) is 4.10. The van der Waals surface area contributed by atoms with Gasteiger partial charge >= 0.3 is 0 Å². The highest BCUT2D eigenvalue weighted by Crippen LogP contribution is 2.26. The number of hydrazine groups is 1. The average molecular weight is 226 g/mol. The number of hydrogen-bond donors (Lipinski definition) is 2. The van der Waals surface area contributed by atoms with Crippen molar-refractivity contribution >= 4 is 22.9 Å². The Balaban J connectivity index is 2.36. The zero-order chi connectivity index (χ0) is 9.97. The smallest absolute Gasteiger partial charge is 0.0983 e. The van der Waals surface area contributed by atoms with Crippen LogP contribution in [0.25, 0.3) is 0 Å². The zero-order valence-electron chi connectivity index (χ0n) is 7.60. The topological polar surface area (TPSA) is 63.8 Å². The van der Waals surface area contributed by atoms with Gasteiger partial charge in [-0.1, -0.05) is 4.49 Å². The number of aryl methyl sites for hydroxylation is 1. The molecule has 0 saturated heterocycles. The number of hydrogen-bond acceptors (Lipinski definition) is 6. The van der Waals surface area contributed by atoms with Crippen molar-refractivity contribution in [3.63, 3.8) is 0 Å². The van der Waals surface area contributed by atoms with Gasteiger partial charge in [-0.25, -0.2) is 5.43 Å². The highest BCUT2D eigenvalue weighted by atomic mass is 32.1. The Morgan fingerprint density at radius 1 is 1.57 bits per heavy atom. The molecule has 0 amide bonds. The molecule has 2 aromatic rings. The van der Waals surface area contributed by atoms with Gasteiger partial charge in [0.15, 0.2) is 0 Å². The van der Waals surface area contributed by atoms with E-state index in [1.165, 1.54) is 22.0 Å². The fourth-order valence-corrected chi connectivity index (χ4v) is 2.55. The Morgan fingerprint density at radius 3 is 2.93 bits per heavy atom. The number of aromatic nitrogens is 2. The molecule has 0 radical (unpaired) electrons. The van der Waals surface area contributed by atoms with Crippen molar-refractivity contribution in [2.24, 2.45) is 5.84 Å². The monoisotopic (exact) mass is 226 g/mol. The second-order valence-electron chi connectivity index (χ2n) is 2.86. The minimum atomic E-state index is -0.0417. The molecule has 0 aliphatic heterocycles. The lowest BCUT2D eigenvalue weighted by atomic mass is 10.1. The molecule has 14 heavy (non-hydrogen) atoms. The summed E-state index contributed by atoms with van der Waals surface area (Å²) in [5.41, 5.74) is 4.80. The van der Waals surface area contributed by atoms with E-state index in [1.807, 2.05) is 5.38 Å².